The van der Waals surface area contributed by atoms with Crippen LogP contribution in [0.25, 0.3) is 0 Å². The predicted octanol–water partition coefficient (Wildman–Crippen LogP) is 0.760. The molecule has 9 heavy (non-hydrogen) atoms. The Morgan fingerprint density at radius 3 is 2.33 bits per heavy atom. The number of hydrogen-bond donors (Lipinski definition) is 1. The van der Waals surface area contributed by atoms with Gasteiger partial charge in [-0.2, -0.15) is 0 Å². The van der Waals surface area contributed by atoms with Crippen LogP contribution in [-0.4, -0.2) is 19.3 Å². The van der Waals surface area contributed by atoms with E-state index in [0.717, 1.165) is 5.92 Å². The highest BCUT2D eigenvalue weighted by Gasteiger charge is 2.40. The molecule has 2 nitrogen and oxygen atoms in total. The molecule has 1 fully saturated rings. The molecule has 54 valence electrons. The molecule has 0 aromatic heterocycles. The molecule has 0 spiro atoms. The van der Waals surface area contributed by atoms with Crippen LogP contribution in [0, 0.1) is 5.92 Å². The smallest absolute Gasteiger partial charge is 0.0800 e. The normalized spacial score (nSPS) is 25.7. The van der Waals surface area contributed by atoms with Crippen LogP contribution in [0.1, 0.15) is 19.8 Å². The van der Waals surface area contributed by atoms with Crippen LogP contribution in [0.3, 0.4) is 0 Å². The zero-order valence-corrected chi connectivity index (χ0v) is 6.18. The predicted molar refractivity (Wildman–Crippen MR) is 37.2 cm³/mol. The fraction of sp³-hybridized carbons (Fsp3) is 1.00. The van der Waals surface area contributed by atoms with E-state index in [-0.39, 0.29) is 5.60 Å². The van der Waals surface area contributed by atoms with Gasteiger partial charge in [0.25, 0.3) is 0 Å². The van der Waals surface area contributed by atoms with Crippen LogP contribution in [0.4, 0.5) is 0 Å². The van der Waals surface area contributed by atoms with E-state index >= 15 is 0 Å². The third kappa shape index (κ3) is 1.25. The SMILES string of the molecule is CO[C@](C)(CN)C1CC1. The summed E-state index contributed by atoms with van der Waals surface area (Å²) in [6.45, 7) is 2.73. The highest BCUT2D eigenvalue weighted by molar-refractivity contribution is 4.93. The van der Waals surface area contributed by atoms with Gasteiger partial charge in [0.05, 0.1) is 5.60 Å². The van der Waals surface area contributed by atoms with Crippen LogP contribution in [0.15, 0.2) is 0 Å². The fourth-order valence-electron chi connectivity index (χ4n) is 1.11. The Morgan fingerprint density at radius 1 is 1.67 bits per heavy atom. The molecule has 0 aromatic rings. The largest absolute Gasteiger partial charge is 0.377 e. The topological polar surface area (TPSA) is 35.2 Å². The molecule has 0 radical (unpaired) electrons. The van der Waals surface area contributed by atoms with E-state index < -0.39 is 0 Å². The Labute approximate surface area is 56.4 Å². The molecule has 2 N–H and O–H groups in total. The van der Waals surface area contributed by atoms with Crippen LogP contribution >= 0.6 is 0 Å². The third-order valence-corrected chi connectivity index (χ3v) is 2.31. The second-order valence-corrected chi connectivity index (χ2v) is 3.00. The van der Waals surface area contributed by atoms with Crippen molar-refractivity contribution in [2.75, 3.05) is 13.7 Å². The Hall–Kier alpha value is -0.0800. The van der Waals surface area contributed by atoms with Gasteiger partial charge in [0, 0.05) is 13.7 Å². The van der Waals surface area contributed by atoms with E-state index in [9.17, 15) is 0 Å². The molecule has 1 saturated carbocycles. The number of hydrogen-bond acceptors (Lipinski definition) is 2. The lowest BCUT2D eigenvalue weighted by atomic mass is 10.0. The maximum Gasteiger partial charge on any atom is 0.0800 e. The Balaban J connectivity index is 2.43. The minimum atomic E-state index is -0.0278. The summed E-state index contributed by atoms with van der Waals surface area (Å²) < 4.78 is 5.29. The zero-order chi connectivity index (χ0) is 6.91. The van der Waals surface area contributed by atoms with Gasteiger partial charge in [-0.15, -0.1) is 0 Å². The van der Waals surface area contributed by atoms with E-state index in [1.165, 1.54) is 12.8 Å². The minimum absolute atomic E-state index is 0.0278. The van der Waals surface area contributed by atoms with Gasteiger partial charge >= 0.3 is 0 Å². The molecular formula is C7H15NO. The number of methoxy groups -OCH3 is 1. The van der Waals surface area contributed by atoms with Crippen LogP contribution in [0.2, 0.25) is 0 Å². The molecule has 0 unspecified atom stereocenters. The lowest BCUT2D eigenvalue weighted by Gasteiger charge is -2.25. The quantitative estimate of drug-likeness (QED) is 0.610. The van der Waals surface area contributed by atoms with Gasteiger partial charge in [-0.3, -0.25) is 0 Å². The molecule has 0 amide bonds. The highest BCUT2D eigenvalue weighted by atomic mass is 16.5. The molecule has 0 heterocycles. The van der Waals surface area contributed by atoms with E-state index in [0.29, 0.717) is 6.54 Å². The highest BCUT2D eigenvalue weighted by Crippen LogP contribution is 2.40. The molecule has 0 bridgehead atoms. The van der Waals surface area contributed by atoms with Gasteiger partial charge in [0.1, 0.15) is 0 Å². The van der Waals surface area contributed by atoms with E-state index in [4.69, 9.17) is 10.5 Å². The van der Waals surface area contributed by atoms with Crippen molar-refractivity contribution in [3.05, 3.63) is 0 Å². The summed E-state index contributed by atoms with van der Waals surface area (Å²) in [4.78, 5) is 0. The first-order valence-electron chi connectivity index (χ1n) is 3.48. The summed E-state index contributed by atoms with van der Waals surface area (Å²) in [5.74, 6) is 0.729. The van der Waals surface area contributed by atoms with Crippen molar-refractivity contribution in [3.63, 3.8) is 0 Å². The summed E-state index contributed by atoms with van der Waals surface area (Å²) in [5.41, 5.74) is 5.51. The van der Waals surface area contributed by atoms with Crippen molar-refractivity contribution < 1.29 is 4.74 Å². The standard InChI is InChI=1S/C7H15NO/c1-7(5-8,9-2)6-3-4-6/h6H,3-5,8H2,1-2H3/t7-/m1/s1. The Bertz CT molecular complexity index is 95.1. The third-order valence-electron chi connectivity index (χ3n) is 2.31. The van der Waals surface area contributed by atoms with Crippen molar-refractivity contribution in [3.8, 4) is 0 Å². The summed E-state index contributed by atoms with van der Waals surface area (Å²) in [6, 6.07) is 0. The van der Waals surface area contributed by atoms with Gasteiger partial charge in [0.15, 0.2) is 0 Å². The lowest BCUT2D eigenvalue weighted by molar-refractivity contribution is -0.00511. The fourth-order valence-corrected chi connectivity index (χ4v) is 1.11. The van der Waals surface area contributed by atoms with Crippen LogP contribution < -0.4 is 5.73 Å². The summed E-state index contributed by atoms with van der Waals surface area (Å²) in [7, 11) is 1.74. The molecule has 0 aromatic carbocycles. The van der Waals surface area contributed by atoms with Crippen molar-refractivity contribution >= 4 is 0 Å². The monoisotopic (exact) mass is 129 g/mol. The van der Waals surface area contributed by atoms with Crippen molar-refractivity contribution in [2.24, 2.45) is 11.7 Å². The Morgan fingerprint density at radius 2 is 2.22 bits per heavy atom. The second kappa shape index (κ2) is 2.27. The molecule has 2 heteroatoms. The van der Waals surface area contributed by atoms with Crippen molar-refractivity contribution in [1.82, 2.24) is 0 Å². The lowest BCUT2D eigenvalue weighted by Crippen LogP contribution is -2.38. The second-order valence-electron chi connectivity index (χ2n) is 3.00. The number of nitrogens with two attached hydrogens (primary N) is 1. The average Bonchev–Trinajstić information content (AvgIpc) is 2.68. The molecular weight excluding hydrogens is 114 g/mol. The number of rotatable bonds is 3. The summed E-state index contributed by atoms with van der Waals surface area (Å²) in [5, 5.41) is 0. The van der Waals surface area contributed by atoms with Crippen LogP contribution in [-0.2, 0) is 4.74 Å². The maximum atomic E-state index is 5.53. The molecule has 1 atom stereocenters. The Kier molecular flexibility index (Phi) is 1.78. The maximum absolute atomic E-state index is 5.53. The number of ether oxygens (including phenoxy) is 1. The molecule has 1 aliphatic carbocycles. The van der Waals surface area contributed by atoms with E-state index in [1.807, 2.05) is 0 Å². The van der Waals surface area contributed by atoms with Crippen molar-refractivity contribution in [2.45, 2.75) is 25.4 Å². The first-order chi connectivity index (χ1) is 4.23. The van der Waals surface area contributed by atoms with Gasteiger partial charge in [-0.05, 0) is 25.7 Å². The molecule has 1 aliphatic rings. The minimum Gasteiger partial charge on any atom is -0.377 e. The average molecular weight is 129 g/mol. The molecule has 0 saturated heterocycles. The molecule has 1 rings (SSSR count). The van der Waals surface area contributed by atoms with Gasteiger partial charge in [-0.1, -0.05) is 0 Å². The van der Waals surface area contributed by atoms with E-state index in [2.05, 4.69) is 6.92 Å². The van der Waals surface area contributed by atoms with Gasteiger partial charge in [0.2, 0.25) is 0 Å². The van der Waals surface area contributed by atoms with Gasteiger partial charge in [-0.25, -0.2) is 0 Å². The van der Waals surface area contributed by atoms with E-state index in [1.54, 1.807) is 7.11 Å². The van der Waals surface area contributed by atoms with Crippen molar-refractivity contribution in [1.29, 1.82) is 0 Å². The first-order valence-corrected chi connectivity index (χ1v) is 3.48. The summed E-state index contributed by atoms with van der Waals surface area (Å²) >= 11 is 0. The van der Waals surface area contributed by atoms with Gasteiger partial charge < -0.3 is 10.5 Å². The van der Waals surface area contributed by atoms with Crippen LogP contribution in [0.5, 0.6) is 0 Å². The summed E-state index contributed by atoms with van der Waals surface area (Å²) in [6.07, 6.45) is 2.59. The first kappa shape index (κ1) is 7.03. The molecule has 0 aliphatic heterocycles. The zero-order valence-electron chi connectivity index (χ0n) is 6.18.